The van der Waals surface area contributed by atoms with Crippen molar-refractivity contribution >= 4 is 6.09 Å². The van der Waals surface area contributed by atoms with Crippen molar-refractivity contribution in [2.75, 3.05) is 41.5 Å². The molecule has 128 valence electrons. The SMILES string of the molecule is CCOC(=O)N1CCc2c(c(OC)cc(CN(C)C)c2OC)C1. The van der Waals surface area contributed by atoms with Crippen molar-refractivity contribution in [2.24, 2.45) is 0 Å². The molecule has 1 aromatic carbocycles. The molecule has 23 heavy (non-hydrogen) atoms. The number of methoxy groups -OCH3 is 2. The lowest BCUT2D eigenvalue weighted by Gasteiger charge is -2.31. The van der Waals surface area contributed by atoms with Gasteiger partial charge in [-0.25, -0.2) is 4.79 Å². The average Bonchev–Trinajstić information content (AvgIpc) is 2.53. The maximum Gasteiger partial charge on any atom is 0.410 e. The summed E-state index contributed by atoms with van der Waals surface area (Å²) in [4.78, 5) is 15.8. The quantitative estimate of drug-likeness (QED) is 0.832. The Hall–Kier alpha value is -1.95. The molecule has 1 aliphatic heterocycles. The number of hydrogen-bond acceptors (Lipinski definition) is 5. The summed E-state index contributed by atoms with van der Waals surface area (Å²) in [7, 11) is 7.39. The maximum absolute atomic E-state index is 12.0. The highest BCUT2D eigenvalue weighted by Gasteiger charge is 2.28. The number of nitrogens with zero attached hydrogens (tertiary/aromatic N) is 2. The van der Waals surface area contributed by atoms with E-state index >= 15 is 0 Å². The van der Waals surface area contributed by atoms with E-state index in [9.17, 15) is 4.79 Å². The highest BCUT2D eigenvalue weighted by Crippen LogP contribution is 2.38. The van der Waals surface area contributed by atoms with E-state index in [0.717, 1.165) is 41.2 Å². The lowest BCUT2D eigenvalue weighted by Crippen LogP contribution is -2.37. The van der Waals surface area contributed by atoms with Crippen LogP contribution in [0.15, 0.2) is 6.07 Å². The highest BCUT2D eigenvalue weighted by molar-refractivity contribution is 5.69. The van der Waals surface area contributed by atoms with Gasteiger partial charge in [0.05, 0.1) is 27.4 Å². The summed E-state index contributed by atoms with van der Waals surface area (Å²) in [5, 5.41) is 0. The number of rotatable bonds is 5. The van der Waals surface area contributed by atoms with Crippen molar-refractivity contribution in [3.05, 3.63) is 22.8 Å². The van der Waals surface area contributed by atoms with Crippen LogP contribution in [0.2, 0.25) is 0 Å². The molecule has 2 rings (SSSR count). The summed E-state index contributed by atoms with van der Waals surface area (Å²) < 4.78 is 16.4. The van der Waals surface area contributed by atoms with Crippen molar-refractivity contribution in [1.82, 2.24) is 9.80 Å². The van der Waals surface area contributed by atoms with E-state index < -0.39 is 0 Å². The summed E-state index contributed by atoms with van der Waals surface area (Å²) in [6.45, 7) is 4.07. The molecule has 0 spiro atoms. The Bertz CT molecular complexity index is 572. The first-order chi connectivity index (χ1) is 11.0. The lowest BCUT2D eigenvalue weighted by molar-refractivity contribution is 0.102. The molecule has 6 nitrogen and oxygen atoms in total. The second kappa shape index (κ2) is 7.55. The van der Waals surface area contributed by atoms with Crippen molar-refractivity contribution in [1.29, 1.82) is 0 Å². The first kappa shape index (κ1) is 17.4. The van der Waals surface area contributed by atoms with Crippen LogP contribution in [0.5, 0.6) is 11.5 Å². The summed E-state index contributed by atoms with van der Waals surface area (Å²) in [5.74, 6) is 1.70. The molecule has 0 N–H and O–H groups in total. The van der Waals surface area contributed by atoms with Gasteiger partial charge in [-0.15, -0.1) is 0 Å². The first-order valence-corrected chi connectivity index (χ1v) is 7.83. The van der Waals surface area contributed by atoms with Crippen LogP contribution in [-0.4, -0.2) is 57.4 Å². The third-order valence-electron chi connectivity index (χ3n) is 3.95. The molecule has 0 aromatic heterocycles. The van der Waals surface area contributed by atoms with Crippen molar-refractivity contribution in [2.45, 2.75) is 26.4 Å². The molecule has 1 aliphatic rings. The minimum absolute atomic E-state index is 0.281. The van der Waals surface area contributed by atoms with Gasteiger partial charge >= 0.3 is 6.09 Å². The Labute approximate surface area is 137 Å². The number of fused-ring (bicyclic) bond motifs is 1. The Morgan fingerprint density at radius 2 is 2.00 bits per heavy atom. The van der Waals surface area contributed by atoms with Crippen LogP contribution in [0, 0.1) is 0 Å². The van der Waals surface area contributed by atoms with Gasteiger partial charge in [0.15, 0.2) is 0 Å². The van der Waals surface area contributed by atoms with E-state index in [2.05, 4.69) is 4.90 Å². The maximum atomic E-state index is 12.0. The molecule has 1 aromatic rings. The van der Waals surface area contributed by atoms with Gasteiger partial charge in [-0.1, -0.05) is 0 Å². The van der Waals surface area contributed by atoms with E-state index in [4.69, 9.17) is 14.2 Å². The predicted octanol–water partition coefficient (Wildman–Crippen LogP) is 2.28. The number of benzene rings is 1. The van der Waals surface area contributed by atoms with Gasteiger partial charge in [-0.05, 0) is 33.5 Å². The van der Waals surface area contributed by atoms with Gasteiger partial charge in [0.1, 0.15) is 11.5 Å². The minimum atomic E-state index is -0.281. The molecule has 1 heterocycles. The Kier molecular flexibility index (Phi) is 5.71. The Balaban J connectivity index is 2.41. The molecule has 0 atom stereocenters. The van der Waals surface area contributed by atoms with Crippen LogP contribution in [0.25, 0.3) is 0 Å². The monoisotopic (exact) mass is 322 g/mol. The van der Waals surface area contributed by atoms with Gasteiger partial charge in [0.2, 0.25) is 0 Å². The van der Waals surface area contributed by atoms with E-state index in [1.165, 1.54) is 0 Å². The van der Waals surface area contributed by atoms with E-state index in [0.29, 0.717) is 19.7 Å². The van der Waals surface area contributed by atoms with Crippen LogP contribution >= 0.6 is 0 Å². The number of hydrogen-bond donors (Lipinski definition) is 0. The molecule has 0 fully saturated rings. The minimum Gasteiger partial charge on any atom is -0.496 e. The van der Waals surface area contributed by atoms with Crippen LogP contribution in [0.1, 0.15) is 23.6 Å². The summed E-state index contributed by atoms with van der Waals surface area (Å²) in [6, 6.07) is 2.01. The third-order valence-corrected chi connectivity index (χ3v) is 3.95. The zero-order valence-electron chi connectivity index (χ0n) is 14.6. The van der Waals surface area contributed by atoms with E-state index in [-0.39, 0.29) is 6.09 Å². The number of carbonyl (C=O) groups excluding carboxylic acids is 1. The molecule has 0 saturated carbocycles. The van der Waals surface area contributed by atoms with Crippen LogP contribution in [0.4, 0.5) is 4.79 Å². The standard InChI is InChI=1S/C17H26N2O4/c1-6-23-17(20)19-8-7-13-14(11-19)15(21-4)9-12(10-18(2)3)16(13)22-5/h9H,6-8,10-11H2,1-5H3. The molecular formula is C17H26N2O4. The predicted molar refractivity (Wildman–Crippen MR) is 88.1 cm³/mol. The molecule has 0 aliphatic carbocycles. The smallest absolute Gasteiger partial charge is 0.410 e. The average molecular weight is 322 g/mol. The van der Waals surface area contributed by atoms with Gasteiger partial charge in [0.25, 0.3) is 0 Å². The summed E-state index contributed by atoms with van der Waals surface area (Å²) in [5.41, 5.74) is 3.23. The molecular weight excluding hydrogens is 296 g/mol. The van der Waals surface area contributed by atoms with Crippen molar-refractivity contribution in [3.63, 3.8) is 0 Å². The molecule has 0 saturated heterocycles. The number of ether oxygens (including phenoxy) is 3. The largest absolute Gasteiger partial charge is 0.496 e. The molecule has 0 radical (unpaired) electrons. The second-order valence-corrected chi connectivity index (χ2v) is 5.84. The van der Waals surface area contributed by atoms with Crippen LogP contribution in [-0.2, 0) is 24.2 Å². The third kappa shape index (κ3) is 3.69. The second-order valence-electron chi connectivity index (χ2n) is 5.84. The van der Waals surface area contributed by atoms with Gasteiger partial charge in [-0.3, -0.25) is 0 Å². The number of carbonyl (C=O) groups is 1. The summed E-state index contributed by atoms with van der Waals surface area (Å²) in [6.07, 6.45) is 0.450. The number of amides is 1. The van der Waals surface area contributed by atoms with E-state index in [1.54, 1.807) is 19.1 Å². The van der Waals surface area contributed by atoms with Gasteiger partial charge in [0, 0.05) is 29.8 Å². The Morgan fingerprint density at radius 1 is 1.26 bits per heavy atom. The van der Waals surface area contributed by atoms with Crippen LogP contribution in [0.3, 0.4) is 0 Å². The highest BCUT2D eigenvalue weighted by atomic mass is 16.6. The van der Waals surface area contributed by atoms with Crippen LogP contribution < -0.4 is 9.47 Å². The molecule has 6 heteroatoms. The molecule has 0 unspecified atom stereocenters. The van der Waals surface area contributed by atoms with Gasteiger partial charge < -0.3 is 24.0 Å². The molecule has 0 bridgehead atoms. The van der Waals surface area contributed by atoms with Gasteiger partial charge in [-0.2, -0.15) is 0 Å². The fraction of sp³-hybridized carbons (Fsp3) is 0.588. The van der Waals surface area contributed by atoms with Crippen molar-refractivity contribution < 1.29 is 19.0 Å². The lowest BCUT2D eigenvalue weighted by atomic mass is 9.94. The topological polar surface area (TPSA) is 51.2 Å². The molecule has 1 amide bonds. The normalized spacial score (nSPS) is 13.7. The summed E-state index contributed by atoms with van der Waals surface area (Å²) >= 11 is 0. The van der Waals surface area contributed by atoms with Crippen molar-refractivity contribution in [3.8, 4) is 11.5 Å². The Morgan fingerprint density at radius 3 is 2.57 bits per heavy atom. The fourth-order valence-electron chi connectivity index (χ4n) is 3.01. The zero-order valence-corrected chi connectivity index (χ0v) is 14.6. The fourth-order valence-corrected chi connectivity index (χ4v) is 3.01. The first-order valence-electron chi connectivity index (χ1n) is 7.83. The zero-order chi connectivity index (χ0) is 17.0. The van der Waals surface area contributed by atoms with E-state index in [1.807, 2.05) is 27.1 Å².